The molecule has 0 N–H and O–H groups in total. The van der Waals surface area contributed by atoms with Gasteiger partial charge in [-0.3, -0.25) is 14.9 Å². The number of rotatable bonds is 7. The van der Waals surface area contributed by atoms with Crippen LogP contribution < -0.4 is 4.31 Å². The lowest BCUT2D eigenvalue weighted by Gasteiger charge is -2.27. The van der Waals surface area contributed by atoms with Crippen LogP contribution in [0.3, 0.4) is 0 Å². The normalized spacial score (nSPS) is 16.7. The highest BCUT2D eigenvalue weighted by molar-refractivity contribution is 8.01. The fourth-order valence-corrected chi connectivity index (χ4v) is 5.61. The number of carbonyl (C=O) groups is 2. The van der Waals surface area contributed by atoms with Crippen molar-refractivity contribution in [3.05, 3.63) is 98.6 Å². The van der Waals surface area contributed by atoms with Gasteiger partial charge in [0.05, 0.1) is 45.6 Å². The number of benzene rings is 3. The Balaban J connectivity index is 1.82. The van der Waals surface area contributed by atoms with Crippen LogP contribution in [0.2, 0.25) is 5.02 Å². The molecule has 238 valence electrons. The average molecular weight is 675 g/mol. The first-order valence-corrected chi connectivity index (χ1v) is 14.0. The van der Waals surface area contributed by atoms with E-state index in [1.807, 2.05) is 0 Å². The van der Waals surface area contributed by atoms with E-state index < -0.39 is 63.1 Å². The van der Waals surface area contributed by atoms with Crippen LogP contribution in [0.1, 0.15) is 30.5 Å². The van der Waals surface area contributed by atoms with E-state index >= 15 is 0 Å². The van der Waals surface area contributed by atoms with E-state index in [2.05, 4.69) is 5.10 Å². The fourth-order valence-electron chi connectivity index (χ4n) is 4.35. The largest absolute Gasteiger partial charge is 0.465 e. The molecule has 0 saturated heterocycles. The number of hydrogen-bond acceptors (Lipinski definition) is 7. The van der Waals surface area contributed by atoms with Crippen molar-refractivity contribution in [3.8, 4) is 0 Å². The summed E-state index contributed by atoms with van der Waals surface area (Å²) in [6.45, 7) is 2.27. The van der Waals surface area contributed by atoms with Gasteiger partial charge in [-0.2, -0.15) is 31.4 Å². The highest BCUT2D eigenvalue weighted by atomic mass is 35.5. The SMILES string of the molecule is CCOC(=O)C1(C)CN(C(=O)N(Sc2ccccc2[N+](=O)[O-])c2ccc(C(F)(F)F)cc2)N=C1c1ccc(C(F)(F)F)c(Cl)c1. The van der Waals surface area contributed by atoms with E-state index in [1.54, 1.807) is 0 Å². The molecule has 4 rings (SSSR count). The summed E-state index contributed by atoms with van der Waals surface area (Å²) < 4.78 is 85.8. The second kappa shape index (κ2) is 12.6. The number of carbonyl (C=O) groups excluding carboxylic acids is 2. The van der Waals surface area contributed by atoms with Gasteiger partial charge in [0.1, 0.15) is 10.3 Å². The minimum atomic E-state index is -4.78. The number of nitro benzene ring substituents is 1. The number of anilines is 1. The maximum Gasteiger partial charge on any atom is 0.417 e. The Kier molecular flexibility index (Phi) is 9.40. The van der Waals surface area contributed by atoms with Crippen molar-refractivity contribution >= 4 is 52.6 Å². The fraction of sp³-hybridized carbons (Fsp3) is 0.250. The van der Waals surface area contributed by atoms with Crippen LogP contribution in [-0.2, 0) is 21.9 Å². The minimum absolute atomic E-state index is 0.0358. The van der Waals surface area contributed by atoms with Crippen molar-refractivity contribution in [2.75, 3.05) is 17.5 Å². The zero-order valence-corrected chi connectivity index (χ0v) is 24.7. The Hall–Kier alpha value is -4.31. The lowest BCUT2D eigenvalue weighted by molar-refractivity contribution is -0.387. The third-order valence-corrected chi connectivity index (χ3v) is 7.96. The summed E-state index contributed by atoms with van der Waals surface area (Å²) in [4.78, 5) is 38.1. The van der Waals surface area contributed by atoms with E-state index in [-0.39, 0.29) is 28.5 Å². The third-order valence-electron chi connectivity index (χ3n) is 6.56. The van der Waals surface area contributed by atoms with Gasteiger partial charge >= 0.3 is 24.4 Å². The first kappa shape index (κ1) is 33.6. The van der Waals surface area contributed by atoms with Crippen LogP contribution in [0.5, 0.6) is 0 Å². The van der Waals surface area contributed by atoms with Crippen LogP contribution in [0.15, 0.2) is 76.7 Å². The van der Waals surface area contributed by atoms with E-state index in [0.717, 1.165) is 39.6 Å². The molecule has 45 heavy (non-hydrogen) atoms. The number of alkyl halides is 6. The zero-order chi connectivity index (χ0) is 33.3. The molecule has 1 heterocycles. The molecular weight excluding hydrogens is 654 g/mol. The molecule has 0 saturated carbocycles. The second-order valence-corrected chi connectivity index (χ2v) is 11.1. The van der Waals surface area contributed by atoms with Gasteiger partial charge < -0.3 is 4.74 Å². The van der Waals surface area contributed by atoms with Crippen molar-refractivity contribution in [2.24, 2.45) is 10.5 Å². The Bertz CT molecular complexity index is 1670. The number of esters is 1. The summed E-state index contributed by atoms with van der Waals surface area (Å²) in [6.07, 6.45) is -9.48. The number of hydrogen-bond donors (Lipinski definition) is 0. The van der Waals surface area contributed by atoms with E-state index in [1.165, 1.54) is 32.0 Å². The molecule has 1 atom stereocenters. The molecule has 9 nitrogen and oxygen atoms in total. The number of ether oxygens (including phenoxy) is 1. The number of amides is 2. The predicted molar refractivity (Wildman–Crippen MR) is 153 cm³/mol. The predicted octanol–water partition coefficient (Wildman–Crippen LogP) is 8.21. The van der Waals surface area contributed by atoms with Crippen molar-refractivity contribution < 1.29 is 45.6 Å². The summed E-state index contributed by atoms with van der Waals surface area (Å²) in [5, 5.41) is 16.0. The van der Waals surface area contributed by atoms with Crippen LogP contribution in [0, 0.1) is 15.5 Å². The van der Waals surface area contributed by atoms with Gasteiger partial charge in [0.15, 0.2) is 0 Å². The highest BCUT2D eigenvalue weighted by Crippen LogP contribution is 2.41. The van der Waals surface area contributed by atoms with E-state index in [0.29, 0.717) is 30.1 Å². The van der Waals surface area contributed by atoms with Crippen LogP contribution in [0.25, 0.3) is 0 Å². The molecule has 0 bridgehead atoms. The van der Waals surface area contributed by atoms with Crippen molar-refractivity contribution in [2.45, 2.75) is 31.1 Å². The van der Waals surface area contributed by atoms with Gasteiger partial charge in [-0.05, 0) is 56.3 Å². The number of halogens is 7. The van der Waals surface area contributed by atoms with E-state index in [4.69, 9.17) is 16.3 Å². The van der Waals surface area contributed by atoms with Gasteiger partial charge in [0.25, 0.3) is 5.69 Å². The van der Waals surface area contributed by atoms with Gasteiger partial charge in [0.2, 0.25) is 0 Å². The lowest BCUT2D eigenvalue weighted by Crippen LogP contribution is -2.43. The molecule has 1 aliphatic heterocycles. The molecule has 3 aromatic rings. The molecule has 1 aliphatic rings. The Morgan fingerprint density at radius 3 is 2.27 bits per heavy atom. The molecule has 3 aromatic carbocycles. The molecular formula is C28H21ClF6N4O5S. The Morgan fingerprint density at radius 1 is 1.07 bits per heavy atom. The molecule has 0 aliphatic carbocycles. The molecule has 0 radical (unpaired) electrons. The number of para-hydroxylation sites is 1. The lowest BCUT2D eigenvalue weighted by atomic mass is 9.82. The Labute approximate surface area is 260 Å². The van der Waals surface area contributed by atoms with Gasteiger partial charge in [-0.1, -0.05) is 29.8 Å². The maximum atomic E-state index is 14.0. The first-order chi connectivity index (χ1) is 21.0. The molecule has 0 aromatic heterocycles. The standard InChI is InChI=1S/C28H21ClF6N4O5S/c1-3-44-24(40)26(2)15-37(36-23(26)16-8-13-19(20(29)14-16)28(33,34)35)25(41)38(18-11-9-17(10-12-18)27(30,31)32)45-22-7-5-4-6-21(22)39(42)43/h4-14H,3,15H2,1-2H3. The number of nitro groups is 1. The summed E-state index contributed by atoms with van der Waals surface area (Å²) >= 11 is 6.43. The number of hydrazone groups is 1. The van der Waals surface area contributed by atoms with Gasteiger partial charge in [-0.25, -0.2) is 14.1 Å². The summed E-state index contributed by atoms with van der Waals surface area (Å²) in [6, 6.07) is 10.3. The van der Waals surface area contributed by atoms with Crippen molar-refractivity contribution in [3.63, 3.8) is 0 Å². The highest BCUT2D eigenvalue weighted by Gasteiger charge is 2.50. The molecule has 1 unspecified atom stereocenters. The molecule has 2 amide bonds. The minimum Gasteiger partial charge on any atom is -0.465 e. The second-order valence-electron chi connectivity index (χ2n) is 9.69. The van der Waals surface area contributed by atoms with Crippen LogP contribution >= 0.6 is 23.5 Å². The third kappa shape index (κ3) is 7.01. The monoisotopic (exact) mass is 674 g/mol. The van der Waals surface area contributed by atoms with Gasteiger partial charge in [-0.15, -0.1) is 0 Å². The topological polar surface area (TPSA) is 105 Å². The van der Waals surface area contributed by atoms with Crippen LogP contribution in [-0.4, -0.2) is 40.8 Å². The van der Waals surface area contributed by atoms with Crippen molar-refractivity contribution in [1.29, 1.82) is 0 Å². The molecule has 0 fully saturated rings. The molecule has 0 spiro atoms. The summed E-state index contributed by atoms with van der Waals surface area (Å²) in [5.74, 6) is -0.873. The maximum absolute atomic E-state index is 14.0. The average Bonchev–Trinajstić information content (AvgIpc) is 3.33. The summed E-state index contributed by atoms with van der Waals surface area (Å²) in [5.41, 5.74) is -4.65. The summed E-state index contributed by atoms with van der Waals surface area (Å²) in [7, 11) is 0. The zero-order valence-electron chi connectivity index (χ0n) is 23.1. The van der Waals surface area contributed by atoms with Crippen LogP contribution in [0.4, 0.5) is 42.5 Å². The quantitative estimate of drug-likeness (QED) is 0.0823. The van der Waals surface area contributed by atoms with E-state index in [9.17, 15) is 46.0 Å². The smallest absolute Gasteiger partial charge is 0.417 e. The van der Waals surface area contributed by atoms with Gasteiger partial charge in [0, 0.05) is 23.6 Å². The Morgan fingerprint density at radius 2 is 1.71 bits per heavy atom. The molecule has 17 heteroatoms. The van der Waals surface area contributed by atoms with Crippen molar-refractivity contribution in [1.82, 2.24) is 5.01 Å². The number of urea groups is 1. The first-order valence-electron chi connectivity index (χ1n) is 12.8. The number of nitrogens with zero attached hydrogens (tertiary/aromatic N) is 4.